The Morgan fingerprint density at radius 1 is 1.30 bits per heavy atom. The van der Waals surface area contributed by atoms with Crippen LogP contribution in [0.15, 0.2) is 0 Å². The van der Waals surface area contributed by atoms with Gasteiger partial charge in [0.15, 0.2) is 5.15 Å². The molecule has 114 valence electrons. The molecule has 0 bridgehead atoms. The maximum atomic E-state index is 6.18. The minimum atomic E-state index is 0.640. The molecule has 1 aromatic rings. The van der Waals surface area contributed by atoms with Crippen LogP contribution < -0.4 is 5.32 Å². The lowest BCUT2D eigenvalue weighted by Gasteiger charge is -2.26. The Morgan fingerprint density at radius 3 is 2.75 bits per heavy atom. The van der Waals surface area contributed by atoms with Gasteiger partial charge in [0, 0.05) is 13.0 Å². The Morgan fingerprint density at radius 2 is 2.05 bits per heavy atom. The summed E-state index contributed by atoms with van der Waals surface area (Å²) in [5.41, 5.74) is 1.04. The Balaban J connectivity index is 1.72. The Kier molecular flexibility index (Phi) is 6.37. The van der Waals surface area contributed by atoms with E-state index >= 15 is 0 Å². The number of nitrogens with zero attached hydrogens (tertiary/aromatic N) is 1. The number of nitrogens with one attached hydrogen (secondary N) is 2. The highest BCUT2D eigenvalue weighted by molar-refractivity contribution is 6.30. The second kappa shape index (κ2) is 8.04. The number of hydrogen-bond acceptors (Lipinski definition) is 2. The first-order chi connectivity index (χ1) is 9.69. The summed E-state index contributed by atoms with van der Waals surface area (Å²) in [6, 6.07) is 0. The Labute approximate surface area is 127 Å². The molecule has 1 aliphatic rings. The second-order valence-corrected chi connectivity index (χ2v) is 6.67. The van der Waals surface area contributed by atoms with Gasteiger partial charge < -0.3 is 10.3 Å². The summed E-state index contributed by atoms with van der Waals surface area (Å²) in [5, 5.41) is 4.18. The average molecular weight is 298 g/mol. The lowest BCUT2D eigenvalue weighted by atomic mass is 9.83. The van der Waals surface area contributed by atoms with E-state index in [0.29, 0.717) is 5.15 Å². The van der Waals surface area contributed by atoms with Gasteiger partial charge in [0.05, 0.1) is 5.69 Å². The zero-order chi connectivity index (χ0) is 14.4. The largest absolute Gasteiger partial charge is 0.344 e. The molecule has 2 rings (SSSR count). The van der Waals surface area contributed by atoms with Crippen molar-refractivity contribution in [1.82, 2.24) is 15.3 Å². The minimum Gasteiger partial charge on any atom is -0.344 e. The summed E-state index contributed by atoms with van der Waals surface area (Å²) in [6.45, 7) is 6.47. The zero-order valence-corrected chi connectivity index (χ0v) is 13.6. The third kappa shape index (κ3) is 4.78. The quantitative estimate of drug-likeness (QED) is 0.787. The van der Waals surface area contributed by atoms with Gasteiger partial charge >= 0.3 is 0 Å². The number of imidazole rings is 1. The molecule has 20 heavy (non-hydrogen) atoms. The van der Waals surface area contributed by atoms with E-state index in [-0.39, 0.29) is 0 Å². The highest BCUT2D eigenvalue weighted by Crippen LogP contribution is 2.27. The van der Waals surface area contributed by atoms with Gasteiger partial charge in [-0.05, 0) is 37.6 Å². The maximum absolute atomic E-state index is 6.18. The summed E-state index contributed by atoms with van der Waals surface area (Å²) < 4.78 is 0. The zero-order valence-electron chi connectivity index (χ0n) is 12.8. The van der Waals surface area contributed by atoms with E-state index in [4.69, 9.17) is 11.6 Å². The van der Waals surface area contributed by atoms with E-state index < -0.39 is 0 Å². The third-order valence-corrected chi connectivity index (χ3v) is 4.73. The fraction of sp³-hybridized carbons (Fsp3) is 0.812. The number of hydrogen-bond donors (Lipinski definition) is 2. The molecule has 0 saturated heterocycles. The summed E-state index contributed by atoms with van der Waals surface area (Å²) in [7, 11) is 0. The molecule has 0 unspecified atom stereocenters. The molecule has 0 aliphatic heterocycles. The number of aryl methyl sites for hydroxylation is 1. The average Bonchev–Trinajstić information content (AvgIpc) is 2.79. The molecule has 1 fully saturated rings. The van der Waals surface area contributed by atoms with Gasteiger partial charge in [-0.25, -0.2) is 4.98 Å². The monoisotopic (exact) mass is 297 g/mol. The molecule has 1 aliphatic carbocycles. The van der Waals surface area contributed by atoms with Crippen LogP contribution in [0.25, 0.3) is 0 Å². The van der Waals surface area contributed by atoms with Gasteiger partial charge in [0.2, 0.25) is 0 Å². The first-order valence-corrected chi connectivity index (χ1v) is 8.50. The van der Waals surface area contributed by atoms with Gasteiger partial charge in [0.1, 0.15) is 5.82 Å². The Hall–Kier alpha value is -0.540. The molecular weight excluding hydrogens is 270 g/mol. The Bertz CT molecular complexity index is 394. The summed E-state index contributed by atoms with van der Waals surface area (Å²) in [6.07, 6.45) is 8.86. The van der Waals surface area contributed by atoms with Gasteiger partial charge in [-0.3, -0.25) is 0 Å². The van der Waals surface area contributed by atoms with E-state index in [1.807, 2.05) is 0 Å². The molecule has 0 amide bonds. The summed E-state index contributed by atoms with van der Waals surface area (Å²) >= 11 is 6.18. The first-order valence-electron chi connectivity index (χ1n) is 8.13. The SMILES string of the molecule is CCCCc1nc(Cl)c(CNCC2CCC(C)CC2)[nH]1. The molecule has 1 saturated carbocycles. The summed E-state index contributed by atoms with van der Waals surface area (Å²) in [5.74, 6) is 2.79. The first kappa shape index (κ1) is 15.8. The molecule has 1 heterocycles. The van der Waals surface area contributed by atoms with Crippen LogP contribution in [0.1, 0.15) is 63.9 Å². The highest BCUT2D eigenvalue weighted by atomic mass is 35.5. The second-order valence-electron chi connectivity index (χ2n) is 6.31. The van der Waals surface area contributed by atoms with Crippen LogP contribution >= 0.6 is 11.6 Å². The minimum absolute atomic E-state index is 0.640. The van der Waals surface area contributed by atoms with E-state index in [2.05, 4.69) is 29.1 Å². The summed E-state index contributed by atoms with van der Waals surface area (Å²) in [4.78, 5) is 7.75. The van der Waals surface area contributed by atoms with Crippen LogP contribution in [0.3, 0.4) is 0 Å². The third-order valence-electron chi connectivity index (χ3n) is 4.41. The van der Waals surface area contributed by atoms with Crippen molar-refractivity contribution < 1.29 is 0 Å². The highest BCUT2D eigenvalue weighted by Gasteiger charge is 2.18. The molecular formula is C16H28ClN3. The topological polar surface area (TPSA) is 40.7 Å². The lowest BCUT2D eigenvalue weighted by Crippen LogP contribution is -2.25. The molecule has 2 N–H and O–H groups in total. The van der Waals surface area contributed by atoms with Crippen molar-refractivity contribution in [2.45, 2.75) is 65.3 Å². The van der Waals surface area contributed by atoms with Crippen molar-refractivity contribution in [3.05, 3.63) is 16.7 Å². The van der Waals surface area contributed by atoms with Crippen molar-refractivity contribution in [2.75, 3.05) is 6.54 Å². The van der Waals surface area contributed by atoms with Crippen molar-refractivity contribution >= 4 is 11.6 Å². The van der Waals surface area contributed by atoms with Crippen LogP contribution in [-0.4, -0.2) is 16.5 Å². The molecule has 0 atom stereocenters. The van der Waals surface area contributed by atoms with Gasteiger partial charge in [-0.2, -0.15) is 0 Å². The molecule has 0 spiro atoms. The van der Waals surface area contributed by atoms with Crippen LogP contribution in [0.4, 0.5) is 0 Å². The van der Waals surface area contributed by atoms with Crippen molar-refractivity contribution in [3.63, 3.8) is 0 Å². The van der Waals surface area contributed by atoms with Crippen LogP contribution in [0.5, 0.6) is 0 Å². The van der Waals surface area contributed by atoms with Crippen LogP contribution in [-0.2, 0) is 13.0 Å². The molecule has 0 radical (unpaired) electrons. The standard InChI is InChI=1S/C16H28ClN3/c1-3-4-5-15-19-14(16(17)20-15)11-18-10-13-8-6-12(2)7-9-13/h12-13,18H,3-11H2,1-2H3,(H,19,20). The van der Waals surface area contributed by atoms with Crippen molar-refractivity contribution in [2.24, 2.45) is 11.8 Å². The van der Waals surface area contributed by atoms with Crippen LogP contribution in [0.2, 0.25) is 5.15 Å². The normalized spacial score (nSPS) is 23.1. The smallest absolute Gasteiger partial charge is 0.151 e. The van der Waals surface area contributed by atoms with E-state index in [1.54, 1.807) is 0 Å². The van der Waals surface area contributed by atoms with Gasteiger partial charge in [-0.1, -0.05) is 44.7 Å². The number of unbranched alkanes of at least 4 members (excludes halogenated alkanes) is 1. The van der Waals surface area contributed by atoms with E-state index in [1.165, 1.54) is 32.1 Å². The predicted octanol–water partition coefficient (Wildman–Crippen LogP) is 4.32. The predicted molar refractivity (Wildman–Crippen MR) is 85.0 cm³/mol. The molecule has 3 nitrogen and oxygen atoms in total. The number of halogens is 1. The number of aromatic amines is 1. The van der Waals surface area contributed by atoms with E-state index in [9.17, 15) is 0 Å². The lowest BCUT2D eigenvalue weighted by molar-refractivity contribution is 0.281. The molecule has 1 aromatic heterocycles. The number of rotatable bonds is 7. The van der Waals surface area contributed by atoms with Gasteiger partial charge in [-0.15, -0.1) is 0 Å². The molecule has 4 heteroatoms. The van der Waals surface area contributed by atoms with Crippen LogP contribution in [0, 0.1) is 11.8 Å². The number of aromatic nitrogens is 2. The fourth-order valence-electron chi connectivity index (χ4n) is 2.95. The molecule has 0 aromatic carbocycles. The number of H-pyrrole nitrogens is 1. The van der Waals surface area contributed by atoms with Gasteiger partial charge in [0.25, 0.3) is 0 Å². The van der Waals surface area contributed by atoms with Crippen molar-refractivity contribution in [1.29, 1.82) is 0 Å². The van der Waals surface area contributed by atoms with Crippen molar-refractivity contribution in [3.8, 4) is 0 Å². The fourth-order valence-corrected chi connectivity index (χ4v) is 3.17. The maximum Gasteiger partial charge on any atom is 0.151 e. The van der Waals surface area contributed by atoms with E-state index in [0.717, 1.165) is 49.3 Å².